The summed E-state index contributed by atoms with van der Waals surface area (Å²) in [5, 5.41) is 0. The molecule has 0 aromatic carbocycles. The largest absolute Gasteiger partial charge is 0.290 e. The number of hydrogen-bond acceptors (Lipinski definition) is 1. The van der Waals surface area contributed by atoms with E-state index in [0.717, 1.165) is 0 Å². The zero-order valence-corrected chi connectivity index (χ0v) is 9.02. The van der Waals surface area contributed by atoms with Crippen molar-refractivity contribution in [2.45, 2.75) is 53.5 Å². The lowest BCUT2D eigenvalue weighted by Gasteiger charge is -2.23. The van der Waals surface area contributed by atoms with Gasteiger partial charge < -0.3 is 0 Å². The molecular weight excluding hydrogens is 146 g/mol. The molecule has 0 saturated carbocycles. The first-order valence-electron chi connectivity index (χ1n) is 4.98. The molecule has 12 heavy (non-hydrogen) atoms. The first-order chi connectivity index (χ1) is 5.41. The summed E-state index contributed by atoms with van der Waals surface area (Å²) >= 11 is 0. The number of nitrogens with zero attached hydrogens (tertiary/aromatic N) is 1. The van der Waals surface area contributed by atoms with E-state index >= 15 is 0 Å². The summed E-state index contributed by atoms with van der Waals surface area (Å²) < 4.78 is 0. The molecule has 0 fully saturated rings. The van der Waals surface area contributed by atoms with Gasteiger partial charge in [0, 0.05) is 5.71 Å². The monoisotopic (exact) mass is 167 g/mol. The van der Waals surface area contributed by atoms with Crippen molar-refractivity contribution in [1.29, 1.82) is 0 Å². The maximum atomic E-state index is 4.78. The van der Waals surface area contributed by atoms with E-state index in [2.05, 4.69) is 34.6 Å². The Morgan fingerprint density at radius 1 is 1.33 bits per heavy atom. The van der Waals surface area contributed by atoms with Crippen molar-refractivity contribution >= 4 is 5.71 Å². The minimum atomic E-state index is 0.358. The molecule has 0 saturated heterocycles. The molecule has 1 unspecified atom stereocenters. The first kappa shape index (κ1) is 9.76. The van der Waals surface area contributed by atoms with Crippen molar-refractivity contribution in [1.82, 2.24) is 0 Å². The summed E-state index contributed by atoms with van der Waals surface area (Å²) in [6.07, 6.45) is 2.48. The molecule has 0 spiro atoms. The average molecular weight is 167 g/mol. The average Bonchev–Trinajstić information content (AvgIpc) is 2.30. The van der Waals surface area contributed by atoms with Gasteiger partial charge in [-0.15, -0.1) is 0 Å². The molecule has 1 aliphatic rings. The van der Waals surface area contributed by atoms with Crippen LogP contribution in [-0.4, -0.2) is 11.8 Å². The van der Waals surface area contributed by atoms with Crippen molar-refractivity contribution < 1.29 is 0 Å². The summed E-state index contributed by atoms with van der Waals surface area (Å²) in [5.41, 5.74) is 1.78. The summed E-state index contributed by atoms with van der Waals surface area (Å²) in [7, 11) is 0. The molecule has 1 heteroatoms. The molecular formula is C11H21N. The zero-order chi connectivity index (χ0) is 9.35. The second kappa shape index (κ2) is 3.20. The van der Waals surface area contributed by atoms with Gasteiger partial charge in [0.2, 0.25) is 0 Å². The molecule has 1 rings (SSSR count). The van der Waals surface area contributed by atoms with E-state index < -0.39 is 0 Å². The van der Waals surface area contributed by atoms with Crippen molar-refractivity contribution in [2.75, 3.05) is 0 Å². The molecule has 0 amide bonds. The van der Waals surface area contributed by atoms with Crippen LogP contribution >= 0.6 is 0 Å². The number of aliphatic imine (C=N–C) groups is 1. The highest BCUT2D eigenvalue weighted by molar-refractivity contribution is 5.87. The maximum Gasteiger partial charge on any atom is 0.0551 e. The second-order valence-electron chi connectivity index (χ2n) is 5.20. The van der Waals surface area contributed by atoms with E-state index in [0.29, 0.717) is 17.4 Å². The maximum absolute atomic E-state index is 4.78. The Hall–Kier alpha value is -0.330. The minimum Gasteiger partial charge on any atom is -0.290 e. The molecule has 1 atom stereocenters. The smallest absolute Gasteiger partial charge is 0.0551 e. The molecule has 0 aliphatic carbocycles. The van der Waals surface area contributed by atoms with Gasteiger partial charge in [-0.3, -0.25) is 4.99 Å². The standard InChI is InChI=1S/C11H21N/c1-8(2)9-6-7-10(12-9)11(3,4)5/h8,10H,6-7H2,1-5H3. The van der Waals surface area contributed by atoms with E-state index in [1.807, 2.05) is 0 Å². The van der Waals surface area contributed by atoms with Gasteiger partial charge in [0.25, 0.3) is 0 Å². The van der Waals surface area contributed by atoms with Crippen LogP contribution in [0.15, 0.2) is 4.99 Å². The highest BCUT2D eigenvalue weighted by atomic mass is 14.9. The van der Waals surface area contributed by atoms with Crippen LogP contribution in [0.25, 0.3) is 0 Å². The highest BCUT2D eigenvalue weighted by Crippen LogP contribution is 2.31. The van der Waals surface area contributed by atoms with Crippen LogP contribution in [0.1, 0.15) is 47.5 Å². The molecule has 1 heterocycles. The van der Waals surface area contributed by atoms with Crippen LogP contribution in [-0.2, 0) is 0 Å². The van der Waals surface area contributed by atoms with Gasteiger partial charge in [0.05, 0.1) is 6.04 Å². The van der Waals surface area contributed by atoms with Crippen LogP contribution in [0, 0.1) is 11.3 Å². The summed E-state index contributed by atoms with van der Waals surface area (Å²) in [5.74, 6) is 0.650. The molecule has 0 aromatic heterocycles. The van der Waals surface area contributed by atoms with Gasteiger partial charge in [0.15, 0.2) is 0 Å². The van der Waals surface area contributed by atoms with E-state index in [9.17, 15) is 0 Å². The Morgan fingerprint density at radius 2 is 1.92 bits per heavy atom. The van der Waals surface area contributed by atoms with Crippen LogP contribution in [0.4, 0.5) is 0 Å². The number of rotatable bonds is 1. The molecule has 1 nitrogen and oxygen atoms in total. The Bertz CT molecular complexity index is 184. The van der Waals surface area contributed by atoms with E-state index in [1.54, 1.807) is 0 Å². The van der Waals surface area contributed by atoms with Gasteiger partial charge in [-0.1, -0.05) is 34.6 Å². The number of hydrogen-bond donors (Lipinski definition) is 0. The van der Waals surface area contributed by atoms with Crippen molar-refractivity contribution in [3.05, 3.63) is 0 Å². The lowest BCUT2D eigenvalue weighted by Crippen LogP contribution is -2.21. The van der Waals surface area contributed by atoms with Crippen LogP contribution in [0.5, 0.6) is 0 Å². The third-order valence-electron chi connectivity index (χ3n) is 2.66. The third-order valence-corrected chi connectivity index (χ3v) is 2.66. The van der Waals surface area contributed by atoms with Crippen molar-refractivity contribution in [3.8, 4) is 0 Å². The molecule has 0 N–H and O–H groups in total. The first-order valence-corrected chi connectivity index (χ1v) is 4.98. The highest BCUT2D eigenvalue weighted by Gasteiger charge is 2.29. The predicted molar refractivity (Wildman–Crippen MR) is 54.8 cm³/mol. The Kier molecular flexibility index (Phi) is 2.60. The Morgan fingerprint density at radius 3 is 2.17 bits per heavy atom. The normalized spacial score (nSPS) is 24.8. The fourth-order valence-corrected chi connectivity index (χ4v) is 1.68. The van der Waals surface area contributed by atoms with Crippen LogP contribution in [0.3, 0.4) is 0 Å². The lowest BCUT2D eigenvalue weighted by atomic mass is 9.86. The predicted octanol–water partition coefficient (Wildman–Crippen LogP) is 3.29. The van der Waals surface area contributed by atoms with E-state index in [4.69, 9.17) is 4.99 Å². The van der Waals surface area contributed by atoms with Crippen LogP contribution in [0.2, 0.25) is 0 Å². The fourth-order valence-electron chi connectivity index (χ4n) is 1.68. The quantitative estimate of drug-likeness (QED) is 0.568. The molecule has 0 radical (unpaired) electrons. The fraction of sp³-hybridized carbons (Fsp3) is 0.909. The van der Waals surface area contributed by atoms with Crippen LogP contribution < -0.4 is 0 Å². The zero-order valence-electron chi connectivity index (χ0n) is 9.02. The topological polar surface area (TPSA) is 12.4 Å². The molecule has 1 aliphatic heterocycles. The van der Waals surface area contributed by atoms with Gasteiger partial charge in [-0.2, -0.15) is 0 Å². The lowest BCUT2D eigenvalue weighted by molar-refractivity contribution is 0.322. The molecule has 0 aromatic rings. The Labute approximate surface area is 76.3 Å². The SMILES string of the molecule is CC(C)C1=NC(C(C)(C)C)CC1. The Balaban J connectivity index is 2.65. The second-order valence-corrected chi connectivity index (χ2v) is 5.20. The van der Waals surface area contributed by atoms with Gasteiger partial charge in [-0.05, 0) is 24.2 Å². The van der Waals surface area contributed by atoms with Gasteiger partial charge in [0.1, 0.15) is 0 Å². The molecule has 70 valence electrons. The summed E-state index contributed by atoms with van der Waals surface area (Å²) in [6.45, 7) is 11.3. The van der Waals surface area contributed by atoms with Gasteiger partial charge in [-0.25, -0.2) is 0 Å². The van der Waals surface area contributed by atoms with Crippen molar-refractivity contribution in [3.63, 3.8) is 0 Å². The van der Waals surface area contributed by atoms with E-state index in [1.165, 1.54) is 18.6 Å². The summed E-state index contributed by atoms with van der Waals surface area (Å²) in [4.78, 5) is 4.78. The molecule has 0 bridgehead atoms. The third kappa shape index (κ3) is 2.09. The minimum absolute atomic E-state index is 0.358. The van der Waals surface area contributed by atoms with Crippen molar-refractivity contribution in [2.24, 2.45) is 16.3 Å². The van der Waals surface area contributed by atoms with E-state index in [-0.39, 0.29) is 0 Å². The van der Waals surface area contributed by atoms with Gasteiger partial charge >= 0.3 is 0 Å². The summed E-state index contributed by atoms with van der Waals surface area (Å²) in [6, 6.07) is 0.565.